The zero-order valence-corrected chi connectivity index (χ0v) is 15.3. The van der Waals surface area contributed by atoms with Gasteiger partial charge >= 0.3 is 11.9 Å². The molecule has 2 aliphatic rings. The van der Waals surface area contributed by atoms with Gasteiger partial charge in [0.1, 0.15) is 12.2 Å². The van der Waals surface area contributed by atoms with Crippen LogP contribution < -0.4 is 0 Å². The molecule has 5 nitrogen and oxygen atoms in total. The van der Waals surface area contributed by atoms with Gasteiger partial charge in [-0.15, -0.1) is 11.8 Å². The second kappa shape index (κ2) is 8.88. The van der Waals surface area contributed by atoms with Crippen molar-refractivity contribution in [2.24, 2.45) is 11.8 Å². The molecule has 1 aromatic rings. The lowest BCUT2D eigenvalue weighted by atomic mass is 9.91. The van der Waals surface area contributed by atoms with Crippen LogP contribution in [0, 0.1) is 23.7 Å². The summed E-state index contributed by atoms with van der Waals surface area (Å²) in [5.41, 5.74) is 0.490. The molecule has 0 radical (unpaired) electrons. The van der Waals surface area contributed by atoms with Crippen molar-refractivity contribution in [3.05, 3.63) is 48.0 Å². The molecule has 142 valence electrons. The molecular weight excluding hydrogens is 344 g/mol. The Balaban J connectivity index is 1.70. The first-order valence-electron chi connectivity index (χ1n) is 9.36. The first-order chi connectivity index (χ1) is 13.1. The number of hydrogen-bond donors (Lipinski definition) is 1. The smallest absolute Gasteiger partial charge is 0.338 e. The molecule has 1 saturated heterocycles. The number of aliphatic hydroxyl groups excluding tert-OH is 1. The molecule has 1 aliphatic heterocycles. The van der Waals surface area contributed by atoms with Crippen LogP contribution in [0.4, 0.5) is 0 Å². The van der Waals surface area contributed by atoms with E-state index in [1.54, 1.807) is 30.3 Å². The molecule has 0 aromatic heterocycles. The fourth-order valence-electron chi connectivity index (χ4n) is 3.70. The number of aliphatic hydroxyl groups is 1. The van der Waals surface area contributed by atoms with E-state index in [-0.39, 0.29) is 36.0 Å². The van der Waals surface area contributed by atoms with Gasteiger partial charge in [-0.25, -0.2) is 4.79 Å². The molecule has 0 amide bonds. The minimum absolute atomic E-state index is 0.0313. The summed E-state index contributed by atoms with van der Waals surface area (Å²) < 4.78 is 11.1. The summed E-state index contributed by atoms with van der Waals surface area (Å²) in [5.74, 6) is 5.04. The Morgan fingerprint density at radius 3 is 2.89 bits per heavy atom. The minimum atomic E-state index is -0.688. The number of carbonyl (C=O) groups is 2. The highest BCUT2D eigenvalue weighted by atomic mass is 16.6. The van der Waals surface area contributed by atoms with Gasteiger partial charge in [0, 0.05) is 31.1 Å². The van der Waals surface area contributed by atoms with Crippen LogP contribution >= 0.6 is 0 Å². The van der Waals surface area contributed by atoms with Crippen molar-refractivity contribution in [1.82, 2.24) is 0 Å². The summed E-state index contributed by atoms with van der Waals surface area (Å²) in [7, 11) is 0. The van der Waals surface area contributed by atoms with Gasteiger partial charge in [-0.05, 0) is 12.1 Å². The summed E-state index contributed by atoms with van der Waals surface area (Å²) >= 11 is 0. The molecular formula is C22H24O5. The third kappa shape index (κ3) is 4.78. The van der Waals surface area contributed by atoms with Gasteiger partial charge < -0.3 is 14.6 Å². The third-order valence-corrected chi connectivity index (χ3v) is 4.99. The lowest BCUT2D eigenvalue weighted by Gasteiger charge is -2.20. The average molecular weight is 368 g/mol. The largest absolute Gasteiger partial charge is 0.462 e. The SMILES string of the molecule is CCC#CC[C@H](O)/C=C/[C@@H]1[C@H]2CC(=O)O[C@H]2C[C@H]1OC(=O)c1ccccc1. The highest BCUT2D eigenvalue weighted by molar-refractivity contribution is 5.89. The second-order valence-corrected chi connectivity index (χ2v) is 6.88. The van der Waals surface area contributed by atoms with Crippen molar-refractivity contribution in [1.29, 1.82) is 0 Å². The summed E-state index contributed by atoms with van der Waals surface area (Å²) in [4.78, 5) is 24.1. The summed E-state index contributed by atoms with van der Waals surface area (Å²) in [6.07, 6.45) is 4.13. The van der Waals surface area contributed by atoms with Gasteiger partial charge in [0.15, 0.2) is 0 Å². The van der Waals surface area contributed by atoms with Crippen molar-refractivity contribution in [2.45, 2.75) is 50.9 Å². The normalized spacial score (nSPS) is 27.6. The van der Waals surface area contributed by atoms with Crippen LogP contribution in [0.1, 0.15) is 43.0 Å². The number of ether oxygens (including phenoxy) is 2. The van der Waals surface area contributed by atoms with Gasteiger partial charge in [-0.1, -0.05) is 37.3 Å². The molecule has 2 fully saturated rings. The fourth-order valence-corrected chi connectivity index (χ4v) is 3.70. The molecule has 5 heteroatoms. The number of rotatable bonds is 5. The van der Waals surface area contributed by atoms with Gasteiger partial charge in [-0.2, -0.15) is 0 Å². The molecule has 5 atom stereocenters. The Labute approximate surface area is 159 Å². The number of hydrogen-bond acceptors (Lipinski definition) is 5. The maximum absolute atomic E-state index is 12.4. The van der Waals surface area contributed by atoms with Crippen molar-refractivity contribution in [3.63, 3.8) is 0 Å². The van der Waals surface area contributed by atoms with Crippen LogP contribution in [0.25, 0.3) is 0 Å². The van der Waals surface area contributed by atoms with Crippen LogP contribution in [-0.2, 0) is 14.3 Å². The van der Waals surface area contributed by atoms with E-state index in [1.807, 2.05) is 19.1 Å². The Morgan fingerprint density at radius 2 is 2.15 bits per heavy atom. The van der Waals surface area contributed by atoms with Crippen LogP contribution in [-0.4, -0.2) is 35.4 Å². The first kappa shape index (κ1) is 19.2. The Hall–Kier alpha value is -2.58. The van der Waals surface area contributed by atoms with Crippen LogP contribution in [0.3, 0.4) is 0 Å². The molecule has 1 aliphatic carbocycles. The Kier molecular flexibility index (Phi) is 6.31. The van der Waals surface area contributed by atoms with E-state index in [0.29, 0.717) is 24.8 Å². The van der Waals surface area contributed by atoms with Crippen LogP contribution in [0.15, 0.2) is 42.5 Å². The predicted molar refractivity (Wildman–Crippen MR) is 99.6 cm³/mol. The van der Waals surface area contributed by atoms with E-state index in [2.05, 4.69) is 11.8 Å². The van der Waals surface area contributed by atoms with Crippen LogP contribution in [0.5, 0.6) is 0 Å². The molecule has 1 aromatic carbocycles. The lowest BCUT2D eigenvalue weighted by Crippen LogP contribution is -2.25. The van der Waals surface area contributed by atoms with E-state index in [4.69, 9.17) is 9.47 Å². The zero-order valence-electron chi connectivity index (χ0n) is 15.3. The predicted octanol–water partition coefficient (Wildman–Crippen LogP) is 2.88. The molecule has 1 saturated carbocycles. The molecule has 1 N–H and O–H groups in total. The first-order valence-corrected chi connectivity index (χ1v) is 9.36. The highest BCUT2D eigenvalue weighted by Gasteiger charge is 2.50. The second-order valence-electron chi connectivity index (χ2n) is 6.88. The van der Waals surface area contributed by atoms with Gasteiger partial charge in [0.25, 0.3) is 0 Å². The quantitative estimate of drug-likeness (QED) is 0.491. The molecule has 0 bridgehead atoms. The number of esters is 2. The molecule has 1 heterocycles. The van der Waals surface area contributed by atoms with Crippen molar-refractivity contribution < 1.29 is 24.2 Å². The maximum atomic E-state index is 12.4. The third-order valence-electron chi connectivity index (χ3n) is 4.99. The highest BCUT2D eigenvalue weighted by Crippen LogP contribution is 2.43. The number of fused-ring (bicyclic) bond motifs is 1. The van der Waals surface area contributed by atoms with Gasteiger partial charge in [0.2, 0.25) is 0 Å². The van der Waals surface area contributed by atoms with Gasteiger partial charge in [0.05, 0.1) is 18.1 Å². The van der Waals surface area contributed by atoms with Crippen molar-refractivity contribution >= 4 is 11.9 Å². The van der Waals surface area contributed by atoms with E-state index in [0.717, 1.165) is 6.42 Å². The summed E-state index contributed by atoms with van der Waals surface area (Å²) in [6.45, 7) is 1.96. The fraction of sp³-hybridized carbons (Fsp3) is 0.455. The molecule has 3 rings (SSSR count). The van der Waals surface area contributed by atoms with E-state index < -0.39 is 6.10 Å². The standard InChI is InChI=1S/C22H24O5/c1-2-3-5-10-16(23)11-12-17-18-13-21(24)26-20(18)14-19(17)27-22(25)15-8-6-4-7-9-15/h4,6-9,11-12,16-20,23H,2,10,13-14H2,1H3/b12-11+/t16-,17+,18+,19+,20-/m0/s1. The monoisotopic (exact) mass is 368 g/mol. The summed E-state index contributed by atoms with van der Waals surface area (Å²) in [6, 6.07) is 8.82. The van der Waals surface area contributed by atoms with E-state index in [9.17, 15) is 14.7 Å². The number of benzene rings is 1. The van der Waals surface area contributed by atoms with Crippen molar-refractivity contribution in [3.8, 4) is 11.8 Å². The minimum Gasteiger partial charge on any atom is -0.462 e. The Morgan fingerprint density at radius 1 is 1.37 bits per heavy atom. The molecule has 0 spiro atoms. The number of carbonyl (C=O) groups excluding carboxylic acids is 2. The molecule has 0 unspecified atom stereocenters. The molecule has 27 heavy (non-hydrogen) atoms. The maximum Gasteiger partial charge on any atom is 0.338 e. The lowest BCUT2D eigenvalue weighted by molar-refractivity contribution is -0.141. The van der Waals surface area contributed by atoms with Crippen molar-refractivity contribution in [2.75, 3.05) is 0 Å². The summed E-state index contributed by atoms with van der Waals surface area (Å²) in [5, 5.41) is 10.1. The average Bonchev–Trinajstić information content (AvgIpc) is 3.16. The topological polar surface area (TPSA) is 72.8 Å². The Bertz CT molecular complexity index is 758. The van der Waals surface area contributed by atoms with E-state index in [1.165, 1.54) is 0 Å². The zero-order chi connectivity index (χ0) is 19.2. The van der Waals surface area contributed by atoms with Crippen LogP contribution in [0.2, 0.25) is 0 Å². The van der Waals surface area contributed by atoms with E-state index >= 15 is 0 Å². The van der Waals surface area contributed by atoms with Gasteiger partial charge in [-0.3, -0.25) is 4.79 Å².